The number of rotatable bonds is 1. The summed E-state index contributed by atoms with van der Waals surface area (Å²) in [6.45, 7) is 0. The molecule has 4 nitrogen and oxygen atoms in total. The predicted octanol–water partition coefficient (Wildman–Crippen LogP) is 1.51. The standard InChI is InChI=1S/C9H9N3O/c10-7-3-1-6(2-4-7)9-12-5-8(11)13-9/h1-5H,10-11H2. The molecule has 2 rings (SSSR count). The molecule has 0 aliphatic rings. The van der Waals surface area contributed by atoms with Gasteiger partial charge in [0.2, 0.25) is 11.8 Å². The Morgan fingerprint density at radius 3 is 2.31 bits per heavy atom. The largest absolute Gasteiger partial charge is 0.421 e. The Kier molecular flexibility index (Phi) is 1.66. The van der Waals surface area contributed by atoms with Crippen molar-refractivity contribution >= 4 is 11.6 Å². The van der Waals surface area contributed by atoms with Gasteiger partial charge in [-0.15, -0.1) is 0 Å². The van der Waals surface area contributed by atoms with Gasteiger partial charge in [0, 0.05) is 11.3 Å². The van der Waals surface area contributed by atoms with Gasteiger partial charge in [-0.2, -0.15) is 0 Å². The zero-order valence-corrected chi connectivity index (χ0v) is 6.90. The first-order valence-electron chi connectivity index (χ1n) is 3.83. The predicted molar refractivity (Wildman–Crippen MR) is 50.8 cm³/mol. The minimum absolute atomic E-state index is 0.312. The Labute approximate surface area is 75.2 Å². The lowest BCUT2D eigenvalue weighted by molar-refractivity contribution is 0.594. The lowest BCUT2D eigenvalue weighted by Gasteiger charge is -1.95. The first-order chi connectivity index (χ1) is 6.25. The third-order valence-electron chi connectivity index (χ3n) is 1.68. The summed E-state index contributed by atoms with van der Waals surface area (Å²) in [6.07, 6.45) is 1.48. The molecular formula is C9H9N3O. The van der Waals surface area contributed by atoms with E-state index >= 15 is 0 Å². The van der Waals surface area contributed by atoms with Crippen LogP contribution < -0.4 is 11.5 Å². The first kappa shape index (κ1) is 7.67. The summed E-state index contributed by atoms with van der Waals surface area (Å²) < 4.78 is 5.14. The van der Waals surface area contributed by atoms with E-state index in [4.69, 9.17) is 15.9 Å². The van der Waals surface area contributed by atoms with E-state index in [0.29, 0.717) is 17.5 Å². The lowest BCUT2D eigenvalue weighted by Crippen LogP contribution is -1.83. The molecule has 1 aromatic heterocycles. The van der Waals surface area contributed by atoms with Crippen molar-refractivity contribution in [2.75, 3.05) is 11.5 Å². The van der Waals surface area contributed by atoms with Crippen LogP contribution in [0.15, 0.2) is 34.9 Å². The van der Waals surface area contributed by atoms with Crippen LogP contribution in [0.4, 0.5) is 11.6 Å². The molecule has 0 saturated carbocycles. The van der Waals surface area contributed by atoms with Crippen LogP contribution in [0, 0.1) is 0 Å². The van der Waals surface area contributed by atoms with Gasteiger partial charge in [-0.3, -0.25) is 0 Å². The maximum Gasteiger partial charge on any atom is 0.228 e. The zero-order chi connectivity index (χ0) is 9.26. The van der Waals surface area contributed by atoms with E-state index in [-0.39, 0.29) is 0 Å². The molecule has 4 N–H and O–H groups in total. The Hall–Kier alpha value is -1.97. The summed E-state index contributed by atoms with van der Waals surface area (Å²) in [6, 6.07) is 7.24. The third-order valence-corrected chi connectivity index (χ3v) is 1.68. The highest BCUT2D eigenvalue weighted by atomic mass is 16.4. The van der Waals surface area contributed by atoms with Gasteiger partial charge in [0.1, 0.15) is 0 Å². The van der Waals surface area contributed by atoms with Crippen molar-refractivity contribution in [3.8, 4) is 11.5 Å². The van der Waals surface area contributed by atoms with Gasteiger partial charge in [-0.25, -0.2) is 4.98 Å². The van der Waals surface area contributed by atoms with E-state index in [9.17, 15) is 0 Å². The van der Waals surface area contributed by atoms with E-state index in [1.165, 1.54) is 6.20 Å². The normalized spacial score (nSPS) is 10.2. The summed E-state index contributed by atoms with van der Waals surface area (Å²) >= 11 is 0. The molecular weight excluding hydrogens is 166 g/mol. The summed E-state index contributed by atoms with van der Waals surface area (Å²) in [5, 5.41) is 0. The van der Waals surface area contributed by atoms with Crippen LogP contribution in [-0.2, 0) is 0 Å². The lowest BCUT2D eigenvalue weighted by atomic mass is 10.2. The van der Waals surface area contributed by atoms with Gasteiger partial charge in [-0.05, 0) is 24.3 Å². The van der Waals surface area contributed by atoms with Crippen LogP contribution in [0.3, 0.4) is 0 Å². The molecule has 4 heteroatoms. The number of oxazole rings is 1. The molecule has 0 atom stereocenters. The fourth-order valence-electron chi connectivity index (χ4n) is 1.05. The molecule has 0 radical (unpaired) electrons. The summed E-state index contributed by atoms with van der Waals surface area (Å²) in [5.74, 6) is 0.823. The van der Waals surface area contributed by atoms with Gasteiger partial charge in [0.25, 0.3) is 0 Å². The topological polar surface area (TPSA) is 78.1 Å². The second kappa shape index (κ2) is 2.82. The average Bonchev–Trinajstić information content (AvgIpc) is 2.53. The van der Waals surface area contributed by atoms with Gasteiger partial charge in [0.15, 0.2) is 0 Å². The second-order valence-electron chi connectivity index (χ2n) is 2.69. The maximum atomic E-state index is 5.53. The van der Waals surface area contributed by atoms with Crippen molar-refractivity contribution in [1.29, 1.82) is 0 Å². The number of anilines is 2. The molecule has 0 fully saturated rings. The third kappa shape index (κ3) is 1.46. The highest BCUT2D eigenvalue weighted by molar-refractivity contribution is 5.57. The molecule has 0 spiro atoms. The molecule has 0 bridgehead atoms. The van der Waals surface area contributed by atoms with Gasteiger partial charge in [-0.1, -0.05) is 0 Å². The monoisotopic (exact) mass is 175 g/mol. The van der Waals surface area contributed by atoms with E-state index < -0.39 is 0 Å². The average molecular weight is 175 g/mol. The molecule has 66 valence electrons. The molecule has 0 aliphatic heterocycles. The van der Waals surface area contributed by atoms with E-state index in [0.717, 1.165) is 5.56 Å². The number of nitrogens with two attached hydrogens (primary N) is 2. The molecule has 0 saturated heterocycles. The summed E-state index contributed by atoms with van der Waals surface area (Å²) in [4.78, 5) is 3.98. The fourth-order valence-corrected chi connectivity index (χ4v) is 1.05. The molecule has 1 aromatic carbocycles. The number of hydrogen-bond acceptors (Lipinski definition) is 4. The number of benzene rings is 1. The summed E-state index contributed by atoms with van der Waals surface area (Å²) in [5.41, 5.74) is 12.5. The van der Waals surface area contributed by atoms with Crippen LogP contribution in [0.5, 0.6) is 0 Å². The molecule has 1 heterocycles. The smallest absolute Gasteiger partial charge is 0.228 e. The highest BCUT2D eigenvalue weighted by Gasteiger charge is 2.03. The number of aromatic nitrogens is 1. The quantitative estimate of drug-likeness (QED) is 0.644. The van der Waals surface area contributed by atoms with Crippen LogP contribution in [0.1, 0.15) is 0 Å². The Morgan fingerprint density at radius 1 is 1.08 bits per heavy atom. The van der Waals surface area contributed by atoms with Gasteiger partial charge in [0.05, 0.1) is 6.20 Å². The van der Waals surface area contributed by atoms with Crippen molar-refractivity contribution in [2.24, 2.45) is 0 Å². The minimum atomic E-state index is 0.312. The molecule has 0 aliphatic carbocycles. The summed E-state index contributed by atoms with van der Waals surface area (Å²) in [7, 11) is 0. The van der Waals surface area contributed by atoms with Crippen molar-refractivity contribution in [2.45, 2.75) is 0 Å². The van der Waals surface area contributed by atoms with Crippen molar-refractivity contribution < 1.29 is 4.42 Å². The van der Waals surface area contributed by atoms with Gasteiger partial charge < -0.3 is 15.9 Å². The Morgan fingerprint density at radius 2 is 1.77 bits per heavy atom. The van der Waals surface area contributed by atoms with Crippen LogP contribution in [0.25, 0.3) is 11.5 Å². The van der Waals surface area contributed by atoms with E-state index in [1.54, 1.807) is 12.1 Å². The van der Waals surface area contributed by atoms with Crippen molar-refractivity contribution in [3.05, 3.63) is 30.5 Å². The Balaban J connectivity index is 2.41. The van der Waals surface area contributed by atoms with Crippen LogP contribution >= 0.6 is 0 Å². The molecule has 0 unspecified atom stereocenters. The SMILES string of the molecule is Nc1ccc(-c2ncc(N)o2)cc1. The molecule has 2 aromatic rings. The van der Waals surface area contributed by atoms with Crippen LogP contribution in [-0.4, -0.2) is 4.98 Å². The number of nitrogen functional groups attached to an aromatic ring is 2. The maximum absolute atomic E-state index is 5.53. The molecule has 0 amide bonds. The number of hydrogen-bond donors (Lipinski definition) is 2. The zero-order valence-electron chi connectivity index (χ0n) is 6.90. The van der Waals surface area contributed by atoms with Gasteiger partial charge >= 0.3 is 0 Å². The van der Waals surface area contributed by atoms with Crippen LogP contribution in [0.2, 0.25) is 0 Å². The fraction of sp³-hybridized carbons (Fsp3) is 0. The van der Waals surface area contributed by atoms with Crippen molar-refractivity contribution in [1.82, 2.24) is 4.98 Å². The Bertz CT molecular complexity index is 405. The van der Waals surface area contributed by atoms with Crippen molar-refractivity contribution in [3.63, 3.8) is 0 Å². The first-order valence-corrected chi connectivity index (χ1v) is 3.83. The van der Waals surface area contributed by atoms with E-state index in [1.807, 2.05) is 12.1 Å². The molecule has 13 heavy (non-hydrogen) atoms. The second-order valence-corrected chi connectivity index (χ2v) is 2.69. The minimum Gasteiger partial charge on any atom is -0.421 e. The van der Waals surface area contributed by atoms with E-state index in [2.05, 4.69) is 4.98 Å². The number of nitrogens with zero attached hydrogens (tertiary/aromatic N) is 1. The highest BCUT2D eigenvalue weighted by Crippen LogP contribution is 2.20.